The smallest absolute Gasteiger partial charge is 0.276 e. The molecule has 5 heteroatoms. The summed E-state index contributed by atoms with van der Waals surface area (Å²) in [5.41, 5.74) is 3.07. The Kier molecular flexibility index (Phi) is 3.82. The van der Waals surface area contributed by atoms with Crippen molar-refractivity contribution in [2.75, 3.05) is 7.05 Å². The number of hydrogen-bond acceptors (Lipinski definition) is 3. The Hall–Kier alpha value is -2.04. The van der Waals surface area contributed by atoms with E-state index >= 15 is 0 Å². The van der Waals surface area contributed by atoms with E-state index in [9.17, 15) is 4.79 Å². The largest absolute Gasteiger partial charge is 0.360 e. The second-order valence-electron chi connectivity index (χ2n) is 5.50. The number of aryl methyl sites for hydroxylation is 1. The highest BCUT2D eigenvalue weighted by Crippen LogP contribution is 2.25. The summed E-state index contributed by atoms with van der Waals surface area (Å²) in [7, 11) is 7.69. The van der Waals surface area contributed by atoms with E-state index in [0.29, 0.717) is 17.7 Å². The van der Waals surface area contributed by atoms with Crippen LogP contribution in [0.25, 0.3) is 0 Å². The summed E-state index contributed by atoms with van der Waals surface area (Å²) in [5, 5.41) is 3.99. The molecular weight excluding hydrogens is 263 g/mol. The maximum absolute atomic E-state index is 12.6. The standard InChI is InChI=1S/C16H17BN2O2/c1-19(10-11-6-2-4-8-13(11)17)16(20)15-12-7-3-5-9-14(12)21-18-15/h2,4,6,8H,3,5,7,9-10H2,1H3. The van der Waals surface area contributed by atoms with Crippen LogP contribution in [0.5, 0.6) is 0 Å². The Morgan fingerprint density at radius 3 is 2.90 bits per heavy atom. The minimum atomic E-state index is -0.106. The second-order valence-corrected chi connectivity index (χ2v) is 5.50. The van der Waals surface area contributed by atoms with E-state index in [1.807, 2.05) is 24.3 Å². The van der Waals surface area contributed by atoms with Crippen molar-refractivity contribution < 1.29 is 9.32 Å². The molecule has 4 nitrogen and oxygen atoms in total. The minimum absolute atomic E-state index is 0.106. The molecule has 0 atom stereocenters. The summed E-state index contributed by atoms with van der Waals surface area (Å²) >= 11 is 0. The van der Waals surface area contributed by atoms with Gasteiger partial charge in [-0.2, -0.15) is 0 Å². The van der Waals surface area contributed by atoms with Crippen LogP contribution in [-0.2, 0) is 19.4 Å². The van der Waals surface area contributed by atoms with Gasteiger partial charge in [0.2, 0.25) is 0 Å². The van der Waals surface area contributed by atoms with Gasteiger partial charge in [0.1, 0.15) is 13.6 Å². The van der Waals surface area contributed by atoms with Crippen LogP contribution in [-0.4, -0.2) is 30.9 Å². The van der Waals surface area contributed by atoms with Crippen molar-refractivity contribution >= 4 is 19.2 Å². The van der Waals surface area contributed by atoms with Gasteiger partial charge in [-0.05, 0) is 24.8 Å². The molecule has 106 valence electrons. The summed E-state index contributed by atoms with van der Waals surface area (Å²) in [6, 6.07) is 7.57. The van der Waals surface area contributed by atoms with Crippen molar-refractivity contribution in [3.8, 4) is 0 Å². The molecule has 1 aromatic carbocycles. The third-order valence-corrected chi connectivity index (χ3v) is 3.96. The Morgan fingerprint density at radius 2 is 2.10 bits per heavy atom. The number of fused-ring (bicyclic) bond motifs is 1. The van der Waals surface area contributed by atoms with Crippen molar-refractivity contribution in [3.63, 3.8) is 0 Å². The van der Waals surface area contributed by atoms with Gasteiger partial charge in [0.25, 0.3) is 5.91 Å². The number of rotatable bonds is 3. The minimum Gasteiger partial charge on any atom is -0.360 e. The summed E-state index contributed by atoms with van der Waals surface area (Å²) in [5.74, 6) is 0.766. The van der Waals surface area contributed by atoms with Crippen LogP contribution in [0.2, 0.25) is 0 Å². The van der Waals surface area contributed by atoms with Gasteiger partial charge in [0.05, 0.1) is 0 Å². The van der Waals surface area contributed by atoms with Gasteiger partial charge in [0.15, 0.2) is 5.69 Å². The summed E-state index contributed by atoms with van der Waals surface area (Å²) < 4.78 is 5.31. The van der Waals surface area contributed by atoms with Crippen molar-refractivity contribution in [2.45, 2.75) is 32.2 Å². The van der Waals surface area contributed by atoms with Gasteiger partial charge >= 0.3 is 0 Å². The lowest BCUT2D eigenvalue weighted by atomic mass is 9.90. The van der Waals surface area contributed by atoms with Crippen LogP contribution < -0.4 is 5.46 Å². The summed E-state index contributed by atoms with van der Waals surface area (Å²) in [6.07, 6.45) is 3.95. The van der Waals surface area contributed by atoms with E-state index in [1.165, 1.54) is 0 Å². The van der Waals surface area contributed by atoms with Gasteiger partial charge < -0.3 is 9.42 Å². The molecule has 0 saturated carbocycles. The van der Waals surface area contributed by atoms with E-state index < -0.39 is 0 Å². The molecular formula is C16H17BN2O2. The molecule has 0 unspecified atom stereocenters. The predicted octanol–water partition coefficient (Wildman–Crippen LogP) is 1.62. The highest BCUT2D eigenvalue weighted by atomic mass is 16.5. The number of benzene rings is 1. The number of nitrogens with zero attached hydrogens (tertiary/aromatic N) is 2. The Labute approximate surface area is 125 Å². The van der Waals surface area contributed by atoms with Gasteiger partial charge in [-0.3, -0.25) is 4.79 Å². The Bertz CT molecular complexity index is 666. The Morgan fingerprint density at radius 1 is 1.33 bits per heavy atom. The third kappa shape index (κ3) is 2.73. The summed E-state index contributed by atoms with van der Waals surface area (Å²) in [4.78, 5) is 14.2. The first-order chi connectivity index (χ1) is 10.2. The van der Waals surface area contributed by atoms with E-state index in [1.54, 1.807) is 11.9 Å². The van der Waals surface area contributed by atoms with Gasteiger partial charge in [-0.25, -0.2) is 0 Å². The second kappa shape index (κ2) is 5.76. The number of carbonyl (C=O) groups excluding carboxylic acids is 1. The van der Waals surface area contributed by atoms with E-state index in [0.717, 1.165) is 42.6 Å². The van der Waals surface area contributed by atoms with E-state index in [4.69, 9.17) is 12.4 Å². The molecule has 2 aromatic rings. The maximum Gasteiger partial charge on any atom is 0.276 e. The van der Waals surface area contributed by atoms with E-state index in [-0.39, 0.29) is 5.91 Å². The number of carbonyl (C=O) groups is 1. The average molecular weight is 280 g/mol. The fourth-order valence-electron chi connectivity index (χ4n) is 2.74. The average Bonchev–Trinajstić information content (AvgIpc) is 2.92. The van der Waals surface area contributed by atoms with Crippen LogP contribution in [0.4, 0.5) is 0 Å². The zero-order valence-electron chi connectivity index (χ0n) is 12.1. The molecule has 3 rings (SSSR count). The molecule has 21 heavy (non-hydrogen) atoms. The monoisotopic (exact) mass is 280 g/mol. The van der Waals surface area contributed by atoms with Crippen LogP contribution in [0.15, 0.2) is 28.8 Å². The molecule has 0 saturated heterocycles. The third-order valence-electron chi connectivity index (χ3n) is 3.96. The lowest BCUT2D eigenvalue weighted by molar-refractivity contribution is 0.0774. The molecule has 1 amide bonds. The van der Waals surface area contributed by atoms with Crippen LogP contribution in [0.3, 0.4) is 0 Å². The van der Waals surface area contributed by atoms with Gasteiger partial charge in [-0.1, -0.05) is 34.9 Å². The van der Waals surface area contributed by atoms with E-state index in [2.05, 4.69) is 5.16 Å². The van der Waals surface area contributed by atoms with Crippen molar-refractivity contribution in [1.29, 1.82) is 0 Å². The highest BCUT2D eigenvalue weighted by Gasteiger charge is 2.26. The van der Waals surface area contributed by atoms with Crippen molar-refractivity contribution in [3.05, 3.63) is 46.8 Å². The van der Waals surface area contributed by atoms with Crippen LogP contribution >= 0.6 is 0 Å². The van der Waals surface area contributed by atoms with Crippen molar-refractivity contribution in [2.24, 2.45) is 0 Å². The molecule has 0 N–H and O–H groups in total. The molecule has 1 aromatic heterocycles. The fraction of sp³-hybridized carbons (Fsp3) is 0.375. The maximum atomic E-state index is 12.6. The topological polar surface area (TPSA) is 46.3 Å². The first-order valence-corrected chi connectivity index (χ1v) is 7.23. The first-order valence-electron chi connectivity index (χ1n) is 7.23. The molecule has 0 spiro atoms. The number of aromatic nitrogens is 1. The molecule has 1 aliphatic carbocycles. The van der Waals surface area contributed by atoms with Crippen molar-refractivity contribution in [1.82, 2.24) is 10.1 Å². The first kappa shape index (κ1) is 13.9. The highest BCUT2D eigenvalue weighted by molar-refractivity contribution is 6.33. The molecule has 0 fully saturated rings. The molecule has 1 heterocycles. The predicted molar refractivity (Wildman–Crippen MR) is 80.8 cm³/mol. The quantitative estimate of drug-likeness (QED) is 0.803. The van der Waals surface area contributed by atoms with Gasteiger partial charge in [-0.15, -0.1) is 0 Å². The molecule has 2 radical (unpaired) electrons. The normalized spacial score (nSPS) is 13.8. The number of hydrogen-bond donors (Lipinski definition) is 0. The lowest BCUT2D eigenvalue weighted by Gasteiger charge is -2.18. The zero-order chi connectivity index (χ0) is 14.8. The Balaban J connectivity index is 1.79. The molecule has 1 aliphatic rings. The van der Waals surface area contributed by atoms with Gasteiger partial charge in [0, 0.05) is 25.6 Å². The lowest BCUT2D eigenvalue weighted by Crippen LogP contribution is -2.29. The van der Waals surface area contributed by atoms with Crippen LogP contribution in [0, 0.1) is 0 Å². The molecule has 0 aliphatic heterocycles. The fourth-order valence-corrected chi connectivity index (χ4v) is 2.74. The SMILES string of the molecule is [B]c1ccccc1CN(C)C(=O)c1noc2c1CCCC2. The van der Waals surface area contributed by atoms with Crippen LogP contribution in [0.1, 0.15) is 40.2 Å². The summed E-state index contributed by atoms with van der Waals surface area (Å²) in [6.45, 7) is 0.465. The molecule has 0 bridgehead atoms. The zero-order valence-corrected chi connectivity index (χ0v) is 12.1. The number of amides is 1.